The van der Waals surface area contributed by atoms with Crippen LogP contribution in [-0.4, -0.2) is 62.1 Å². The van der Waals surface area contributed by atoms with Gasteiger partial charge in [-0.15, -0.1) is 0 Å². The summed E-state index contributed by atoms with van der Waals surface area (Å²) in [5, 5.41) is 0. The molecule has 1 rings (SSSR count). The maximum Gasteiger partial charge on any atom is 0.472 e. The zero-order valence-electron chi connectivity index (χ0n) is 33.9. The number of hydrogen-bond donors (Lipinski definition) is 2. The lowest BCUT2D eigenvalue weighted by Gasteiger charge is -2.20. The highest BCUT2D eigenvalue weighted by Gasteiger charge is 2.36. The summed E-state index contributed by atoms with van der Waals surface area (Å²) in [7, 11) is -4.29. The number of carbonyl (C=O) groups is 1. The van der Waals surface area contributed by atoms with Crippen LogP contribution in [-0.2, 0) is 32.6 Å². The minimum atomic E-state index is -4.29. The van der Waals surface area contributed by atoms with E-state index in [1.165, 1.54) is 116 Å². The molecule has 0 radical (unpaired) electrons. The summed E-state index contributed by atoms with van der Waals surface area (Å²) in [5.41, 5.74) is 5.36. The molecular weight excluding hydrogens is 689 g/mol. The van der Waals surface area contributed by atoms with Crippen LogP contribution in [0.5, 0.6) is 0 Å². The Bertz CT molecular complexity index is 974. The molecule has 9 nitrogen and oxygen atoms in total. The van der Waals surface area contributed by atoms with Gasteiger partial charge in [0.1, 0.15) is 6.10 Å². The number of allylic oxidation sites excluding steroid dienone is 4. The molecule has 0 aromatic heterocycles. The number of ether oxygens (including phenoxy) is 3. The Balaban J connectivity index is 2.16. The summed E-state index contributed by atoms with van der Waals surface area (Å²) < 4.78 is 39.1. The monoisotopic (exact) mass is 770 g/mol. The summed E-state index contributed by atoms with van der Waals surface area (Å²) >= 11 is 0. The topological polar surface area (TPSA) is 130 Å². The number of phosphoric acid groups is 1. The highest BCUT2D eigenvalue weighted by Crippen LogP contribution is 2.43. The van der Waals surface area contributed by atoms with Crippen LogP contribution >= 0.6 is 7.82 Å². The summed E-state index contributed by atoms with van der Waals surface area (Å²) in [4.78, 5) is 22.5. The second-order valence-electron chi connectivity index (χ2n) is 14.6. The van der Waals surface area contributed by atoms with Crippen molar-refractivity contribution >= 4 is 13.8 Å². The molecule has 3 N–H and O–H groups in total. The van der Waals surface area contributed by atoms with E-state index in [1.807, 2.05) is 0 Å². The van der Waals surface area contributed by atoms with Crippen molar-refractivity contribution in [2.24, 2.45) is 5.73 Å². The lowest BCUT2D eigenvalue weighted by atomic mass is 10.0. The van der Waals surface area contributed by atoms with Gasteiger partial charge >= 0.3 is 13.8 Å². The van der Waals surface area contributed by atoms with Crippen LogP contribution in [0.1, 0.15) is 181 Å². The fourth-order valence-corrected chi connectivity index (χ4v) is 6.91. The number of nitrogens with two attached hydrogens (primary N) is 1. The summed E-state index contributed by atoms with van der Waals surface area (Å²) in [6, 6.07) is 0. The smallest absolute Gasteiger partial charge is 0.457 e. The van der Waals surface area contributed by atoms with Crippen LogP contribution in [0.2, 0.25) is 0 Å². The number of phosphoric ester groups is 1. The van der Waals surface area contributed by atoms with Crippen molar-refractivity contribution in [3.8, 4) is 0 Å². The van der Waals surface area contributed by atoms with Crippen LogP contribution in [0.15, 0.2) is 36.5 Å². The molecule has 4 unspecified atom stereocenters. The quantitative estimate of drug-likeness (QED) is 0.0206. The van der Waals surface area contributed by atoms with E-state index in [1.54, 1.807) is 0 Å². The van der Waals surface area contributed by atoms with E-state index in [2.05, 4.69) is 50.3 Å². The van der Waals surface area contributed by atoms with E-state index in [9.17, 15) is 14.3 Å². The first-order chi connectivity index (χ1) is 25.9. The van der Waals surface area contributed by atoms with E-state index in [-0.39, 0.29) is 38.8 Å². The number of esters is 1. The Kier molecular flexibility index (Phi) is 34.1. The maximum atomic E-state index is 12.6. The lowest BCUT2D eigenvalue weighted by molar-refractivity contribution is -0.154. The van der Waals surface area contributed by atoms with Crippen molar-refractivity contribution in [2.45, 2.75) is 199 Å². The second-order valence-corrected chi connectivity index (χ2v) is 16.1. The number of epoxide rings is 1. The number of rotatable bonds is 40. The fraction of sp³-hybridized carbons (Fsp3) is 0.837. The van der Waals surface area contributed by atoms with Gasteiger partial charge in [0.25, 0.3) is 0 Å². The Morgan fingerprint density at radius 1 is 0.660 bits per heavy atom. The minimum Gasteiger partial charge on any atom is -0.457 e. The Morgan fingerprint density at radius 2 is 1.17 bits per heavy atom. The molecule has 0 bridgehead atoms. The zero-order valence-corrected chi connectivity index (χ0v) is 34.8. The average molecular weight is 770 g/mol. The van der Waals surface area contributed by atoms with Crippen molar-refractivity contribution in [1.29, 1.82) is 0 Å². The molecular formula is C43H80NO8P. The van der Waals surface area contributed by atoms with Gasteiger partial charge in [-0.25, -0.2) is 4.57 Å². The van der Waals surface area contributed by atoms with E-state index in [0.717, 1.165) is 38.5 Å². The van der Waals surface area contributed by atoms with Gasteiger partial charge in [0.05, 0.1) is 32.0 Å². The van der Waals surface area contributed by atoms with E-state index >= 15 is 0 Å². The van der Waals surface area contributed by atoms with Gasteiger partial charge in [-0.2, -0.15) is 0 Å². The highest BCUT2D eigenvalue weighted by molar-refractivity contribution is 7.47. The first-order valence-corrected chi connectivity index (χ1v) is 23.1. The molecule has 0 aliphatic carbocycles. The standard InChI is InChI=1S/C43H80NO8P/c1-3-5-7-9-11-12-13-14-15-16-17-18-19-23-27-31-36-48-38-40(39-50-53(46,47)49-37-35-44)51-43(45)34-30-26-22-20-21-25-29-33-42-41(52-42)32-28-24-10-8-6-4-2/h20,22,24-25,28-29,40-42H,3-19,21,23,26-27,30-39,44H2,1-2H3,(H,46,47)/b22-20-,28-24+,29-25-. The first-order valence-electron chi connectivity index (χ1n) is 21.6. The molecule has 0 amide bonds. The summed E-state index contributed by atoms with van der Waals surface area (Å²) in [5.74, 6) is -0.386. The highest BCUT2D eigenvalue weighted by atomic mass is 31.2. The first kappa shape index (κ1) is 49.7. The Morgan fingerprint density at radius 3 is 1.77 bits per heavy atom. The molecule has 10 heteroatoms. The molecule has 0 spiro atoms. The van der Waals surface area contributed by atoms with Gasteiger partial charge in [-0.1, -0.05) is 159 Å². The molecule has 1 aliphatic rings. The Hall–Kier alpha value is -1.32. The van der Waals surface area contributed by atoms with Crippen LogP contribution in [0.4, 0.5) is 0 Å². The van der Waals surface area contributed by atoms with Crippen molar-refractivity contribution in [1.82, 2.24) is 0 Å². The Labute approximate surface area is 324 Å². The normalized spacial score (nSPS) is 17.7. The van der Waals surface area contributed by atoms with Crippen LogP contribution in [0, 0.1) is 0 Å². The minimum absolute atomic E-state index is 0.0900. The van der Waals surface area contributed by atoms with Gasteiger partial charge < -0.3 is 24.8 Å². The van der Waals surface area contributed by atoms with Gasteiger partial charge in [0.2, 0.25) is 0 Å². The molecule has 0 aromatic carbocycles. The van der Waals surface area contributed by atoms with Crippen molar-refractivity contribution in [3.63, 3.8) is 0 Å². The van der Waals surface area contributed by atoms with Crippen LogP contribution < -0.4 is 5.73 Å². The number of carbonyl (C=O) groups excluding carboxylic acids is 1. The third-order valence-corrected chi connectivity index (χ3v) is 10.4. The van der Waals surface area contributed by atoms with Crippen molar-refractivity contribution in [2.75, 3.05) is 33.0 Å². The van der Waals surface area contributed by atoms with Gasteiger partial charge in [-0.05, 0) is 51.4 Å². The second kappa shape index (κ2) is 36.3. The van der Waals surface area contributed by atoms with E-state index in [4.69, 9.17) is 29.0 Å². The molecule has 0 saturated carbocycles. The molecule has 53 heavy (non-hydrogen) atoms. The van der Waals surface area contributed by atoms with E-state index < -0.39 is 13.9 Å². The van der Waals surface area contributed by atoms with E-state index in [0.29, 0.717) is 25.2 Å². The lowest BCUT2D eigenvalue weighted by Crippen LogP contribution is -2.28. The third kappa shape index (κ3) is 33.7. The number of hydrogen-bond acceptors (Lipinski definition) is 8. The molecule has 1 aliphatic heterocycles. The summed E-state index contributed by atoms with van der Waals surface area (Å²) in [6.07, 6.45) is 43.4. The zero-order chi connectivity index (χ0) is 38.5. The molecule has 1 fully saturated rings. The van der Waals surface area contributed by atoms with Crippen molar-refractivity contribution < 1.29 is 37.5 Å². The van der Waals surface area contributed by atoms with Crippen LogP contribution in [0.3, 0.4) is 0 Å². The van der Waals surface area contributed by atoms with Gasteiger partial charge in [0, 0.05) is 19.6 Å². The predicted octanol–water partition coefficient (Wildman–Crippen LogP) is 11.6. The van der Waals surface area contributed by atoms with Gasteiger partial charge in [0.15, 0.2) is 0 Å². The maximum absolute atomic E-state index is 12.6. The average Bonchev–Trinajstić information content (AvgIpc) is 3.90. The molecule has 4 atom stereocenters. The predicted molar refractivity (Wildman–Crippen MR) is 219 cm³/mol. The third-order valence-electron chi connectivity index (χ3n) is 9.46. The molecule has 1 heterocycles. The molecule has 310 valence electrons. The van der Waals surface area contributed by atoms with Crippen LogP contribution in [0.25, 0.3) is 0 Å². The number of unbranched alkanes of at least 4 members (excludes halogenated alkanes) is 19. The largest absolute Gasteiger partial charge is 0.472 e. The van der Waals surface area contributed by atoms with Gasteiger partial charge in [-0.3, -0.25) is 13.8 Å². The molecule has 1 saturated heterocycles. The fourth-order valence-electron chi connectivity index (χ4n) is 6.15. The molecule has 0 aromatic rings. The van der Waals surface area contributed by atoms with Crippen molar-refractivity contribution in [3.05, 3.63) is 36.5 Å². The summed E-state index contributed by atoms with van der Waals surface area (Å²) in [6.45, 7) is 4.82. The SMILES string of the molecule is CCCCC/C=C/CC1OC1C/C=C\C/C=C\CCCC(=O)OC(COCCCCCCCCCCCCCCCCCC)COP(=O)(O)OCCN.